The van der Waals surface area contributed by atoms with Gasteiger partial charge in [-0.2, -0.15) is 0 Å². The Hall–Kier alpha value is -0.570. The number of nitrogens with one attached hydrogen (secondary N) is 1. The maximum Gasteiger partial charge on any atom is 0.220 e. The molecular formula is C13H26N2O. The largest absolute Gasteiger partial charge is 0.355 e. The Morgan fingerprint density at radius 3 is 2.44 bits per heavy atom. The molecule has 0 aromatic rings. The van der Waals surface area contributed by atoms with Crippen LogP contribution in [0, 0.1) is 5.92 Å². The van der Waals surface area contributed by atoms with Crippen LogP contribution >= 0.6 is 0 Å². The number of likely N-dealkylation sites (tertiary alicyclic amines) is 1. The topological polar surface area (TPSA) is 32.3 Å². The second kappa shape index (κ2) is 6.89. The first-order valence-electron chi connectivity index (χ1n) is 6.66. The molecule has 1 heterocycles. The van der Waals surface area contributed by atoms with Gasteiger partial charge in [-0.3, -0.25) is 9.69 Å². The fraction of sp³-hybridized carbons (Fsp3) is 0.923. The molecule has 94 valence electrons. The Morgan fingerprint density at radius 1 is 1.31 bits per heavy atom. The van der Waals surface area contributed by atoms with E-state index in [-0.39, 0.29) is 5.91 Å². The lowest BCUT2D eigenvalue weighted by molar-refractivity contribution is -0.121. The summed E-state index contributed by atoms with van der Waals surface area (Å²) in [6.45, 7) is 9.75. The Morgan fingerprint density at radius 2 is 1.94 bits per heavy atom. The van der Waals surface area contributed by atoms with E-state index in [1.807, 2.05) is 6.92 Å². The van der Waals surface area contributed by atoms with Crippen LogP contribution in [0.15, 0.2) is 0 Å². The highest BCUT2D eigenvalue weighted by Gasteiger charge is 2.24. The molecule has 1 fully saturated rings. The fourth-order valence-corrected chi connectivity index (χ4v) is 2.39. The van der Waals surface area contributed by atoms with Crippen LogP contribution in [-0.2, 0) is 4.79 Å². The molecule has 16 heavy (non-hydrogen) atoms. The van der Waals surface area contributed by atoms with Crippen molar-refractivity contribution in [3.05, 3.63) is 0 Å². The molecular weight excluding hydrogens is 200 g/mol. The standard InChI is InChI=1S/C13H26N2O/c1-4-7-13(16)14-10-12(11(2)3)15-8-5-6-9-15/h11-12H,4-10H2,1-3H3,(H,14,16). The van der Waals surface area contributed by atoms with Crippen LogP contribution in [-0.4, -0.2) is 36.5 Å². The Kier molecular flexibility index (Phi) is 5.81. The summed E-state index contributed by atoms with van der Waals surface area (Å²) in [6.07, 6.45) is 4.21. The van der Waals surface area contributed by atoms with Crippen molar-refractivity contribution in [3.8, 4) is 0 Å². The molecule has 0 aliphatic carbocycles. The van der Waals surface area contributed by atoms with Gasteiger partial charge in [-0.1, -0.05) is 20.8 Å². The van der Waals surface area contributed by atoms with Crippen molar-refractivity contribution in [3.63, 3.8) is 0 Å². The van der Waals surface area contributed by atoms with Crippen LogP contribution in [0.5, 0.6) is 0 Å². The number of nitrogens with zero attached hydrogens (tertiary/aromatic N) is 1. The summed E-state index contributed by atoms with van der Waals surface area (Å²) in [4.78, 5) is 14.0. The zero-order valence-electron chi connectivity index (χ0n) is 11.0. The molecule has 1 aliphatic rings. The van der Waals surface area contributed by atoms with Crippen LogP contribution in [0.3, 0.4) is 0 Å². The van der Waals surface area contributed by atoms with Crippen LogP contribution < -0.4 is 5.32 Å². The Balaban J connectivity index is 2.36. The van der Waals surface area contributed by atoms with E-state index >= 15 is 0 Å². The molecule has 0 aromatic carbocycles. The van der Waals surface area contributed by atoms with Crippen molar-refractivity contribution >= 4 is 5.91 Å². The van der Waals surface area contributed by atoms with Gasteiger partial charge in [0, 0.05) is 19.0 Å². The molecule has 1 unspecified atom stereocenters. The van der Waals surface area contributed by atoms with E-state index < -0.39 is 0 Å². The normalized spacial score (nSPS) is 19.0. The smallest absolute Gasteiger partial charge is 0.220 e. The van der Waals surface area contributed by atoms with E-state index in [1.54, 1.807) is 0 Å². The monoisotopic (exact) mass is 226 g/mol. The van der Waals surface area contributed by atoms with Crippen molar-refractivity contribution in [2.75, 3.05) is 19.6 Å². The second-order valence-corrected chi connectivity index (χ2v) is 5.11. The fourth-order valence-electron chi connectivity index (χ4n) is 2.39. The number of rotatable bonds is 6. The molecule has 0 bridgehead atoms. The second-order valence-electron chi connectivity index (χ2n) is 5.11. The van der Waals surface area contributed by atoms with E-state index in [2.05, 4.69) is 24.1 Å². The molecule has 1 amide bonds. The Bertz CT molecular complexity index is 210. The van der Waals surface area contributed by atoms with Crippen molar-refractivity contribution in [1.82, 2.24) is 10.2 Å². The first-order chi connectivity index (χ1) is 7.65. The summed E-state index contributed by atoms with van der Waals surface area (Å²) in [5.74, 6) is 0.812. The number of carbonyl (C=O) groups excluding carboxylic acids is 1. The average Bonchev–Trinajstić information content (AvgIpc) is 2.71. The molecule has 3 nitrogen and oxygen atoms in total. The highest BCUT2D eigenvalue weighted by molar-refractivity contribution is 5.75. The first-order valence-corrected chi connectivity index (χ1v) is 6.66. The van der Waals surface area contributed by atoms with Crippen LogP contribution in [0.2, 0.25) is 0 Å². The maximum absolute atomic E-state index is 11.5. The number of amides is 1. The van der Waals surface area contributed by atoms with Gasteiger partial charge in [-0.05, 0) is 38.3 Å². The van der Waals surface area contributed by atoms with Crippen LogP contribution in [0.1, 0.15) is 46.5 Å². The minimum Gasteiger partial charge on any atom is -0.355 e. The number of hydrogen-bond acceptors (Lipinski definition) is 2. The molecule has 0 radical (unpaired) electrons. The minimum atomic E-state index is 0.201. The average molecular weight is 226 g/mol. The third kappa shape index (κ3) is 4.12. The molecule has 1 rings (SSSR count). The zero-order valence-corrected chi connectivity index (χ0v) is 11.0. The molecule has 0 spiro atoms. The number of hydrogen-bond donors (Lipinski definition) is 1. The van der Waals surface area contributed by atoms with E-state index in [1.165, 1.54) is 25.9 Å². The summed E-state index contributed by atoms with van der Waals surface area (Å²) in [6, 6.07) is 0.517. The summed E-state index contributed by atoms with van der Waals surface area (Å²) in [7, 11) is 0. The van der Waals surface area contributed by atoms with E-state index in [0.29, 0.717) is 18.4 Å². The van der Waals surface area contributed by atoms with Crippen molar-refractivity contribution < 1.29 is 4.79 Å². The summed E-state index contributed by atoms with van der Waals surface area (Å²) in [5, 5.41) is 3.06. The van der Waals surface area contributed by atoms with Gasteiger partial charge < -0.3 is 5.32 Å². The highest BCUT2D eigenvalue weighted by atomic mass is 16.1. The third-order valence-electron chi connectivity index (χ3n) is 3.36. The predicted octanol–water partition coefficient (Wildman–Crippen LogP) is 2.02. The molecule has 1 N–H and O–H groups in total. The molecule has 3 heteroatoms. The van der Waals surface area contributed by atoms with E-state index in [0.717, 1.165) is 13.0 Å². The van der Waals surface area contributed by atoms with Gasteiger partial charge in [0.25, 0.3) is 0 Å². The van der Waals surface area contributed by atoms with Crippen LogP contribution in [0.25, 0.3) is 0 Å². The SMILES string of the molecule is CCCC(=O)NCC(C(C)C)N1CCCC1. The summed E-state index contributed by atoms with van der Waals surface area (Å²) >= 11 is 0. The quantitative estimate of drug-likeness (QED) is 0.751. The maximum atomic E-state index is 11.5. The molecule has 0 aromatic heterocycles. The van der Waals surface area contributed by atoms with Gasteiger partial charge in [0.05, 0.1) is 0 Å². The van der Waals surface area contributed by atoms with E-state index in [4.69, 9.17) is 0 Å². The number of carbonyl (C=O) groups is 1. The highest BCUT2D eigenvalue weighted by Crippen LogP contribution is 2.17. The predicted molar refractivity (Wildman–Crippen MR) is 67.4 cm³/mol. The third-order valence-corrected chi connectivity index (χ3v) is 3.36. The Labute approximate surface area is 99.6 Å². The van der Waals surface area contributed by atoms with Gasteiger partial charge in [-0.15, -0.1) is 0 Å². The van der Waals surface area contributed by atoms with Gasteiger partial charge in [0.2, 0.25) is 5.91 Å². The lowest BCUT2D eigenvalue weighted by atomic mass is 10.0. The van der Waals surface area contributed by atoms with Crippen molar-refractivity contribution in [2.45, 2.75) is 52.5 Å². The molecule has 1 aliphatic heterocycles. The lowest BCUT2D eigenvalue weighted by Crippen LogP contribution is -2.45. The summed E-state index contributed by atoms with van der Waals surface area (Å²) in [5.41, 5.74) is 0. The van der Waals surface area contributed by atoms with Gasteiger partial charge in [0.1, 0.15) is 0 Å². The molecule has 1 atom stereocenters. The van der Waals surface area contributed by atoms with Crippen LogP contribution in [0.4, 0.5) is 0 Å². The van der Waals surface area contributed by atoms with Gasteiger partial charge in [-0.25, -0.2) is 0 Å². The molecule has 1 saturated heterocycles. The van der Waals surface area contributed by atoms with E-state index in [9.17, 15) is 4.79 Å². The first kappa shape index (κ1) is 13.5. The van der Waals surface area contributed by atoms with Crippen molar-refractivity contribution in [1.29, 1.82) is 0 Å². The van der Waals surface area contributed by atoms with Gasteiger partial charge >= 0.3 is 0 Å². The van der Waals surface area contributed by atoms with Crippen molar-refractivity contribution in [2.24, 2.45) is 5.92 Å². The lowest BCUT2D eigenvalue weighted by Gasteiger charge is -2.31. The summed E-state index contributed by atoms with van der Waals surface area (Å²) < 4.78 is 0. The van der Waals surface area contributed by atoms with Gasteiger partial charge in [0.15, 0.2) is 0 Å². The zero-order chi connectivity index (χ0) is 12.0. The molecule has 0 saturated carbocycles. The minimum absolute atomic E-state index is 0.201.